The fraction of sp³-hybridized carbons (Fsp3) is 0.240. The van der Waals surface area contributed by atoms with E-state index in [0.29, 0.717) is 6.54 Å². The molecule has 0 bridgehead atoms. The number of hydrogen-bond donors (Lipinski definition) is 1. The van der Waals surface area contributed by atoms with Crippen LogP contribution < -0.4 is 10.1 Å². The van der Waals surface area contributed by atoms with Crippen LogP contribution in [0.2, 0.25) is 0 Å². The minimum Gasteiger partial charge on any atom is -0.491 e. The molecule has 0 aromatic heterocycles. The molecule has 3 heteroatoms. The number of aryl methyl sites for hydroxylation is 2. The van der Waals surface area contributed by atoms with Gasteiger partial charge in [-0.1, -0.05) is 60.7 Å². The Morgan fingerprint density at radius 2 is 1.50 bits per heavy atom. The van der Waals surface area contributed by atoms with Gasteiger partial charge >= 0.3 is 0 Å². The largest absolute Gasteiger partial charge is 0.491 e. The van der Waals surface area contributed by atoms with E-state index >= 15 is 0 Å². The lowest BCUT2D eigenvalue weighted by Gasteiger charge is -2.12. The van der Waals surface area contributed by atoms with Crippen LogP contribution >= 0.6 is 0 Å². The number of carbonyl (C=O) groups excluding carboxylic acids is 1. The molecule has 1 N–H and O–H groups in total. The Hall–Kier alpha value is -3.07. The third kappa shape index (κ3) is 5.71. The van der Waals surface area contributed by atoms with Gasteiger partial charge in [0.05, 0.1) is 6.10 Å². The molecule has 0 heterocycles. The topological polar surface area (TPSA) is 38.3 Å². The van der Waals surface area contributed by atoms with Crippen LogP contribution in [0.1, 0.15) is 40.9 Å². The smallest absolute Gasteiger partial charge is 0.251 e. The zero-order valence-corrected chi connectivity index (χ0v) is 16.5. The van der Waals surface area contributed by atoms with Gasteiger partial charge in [0.2, 0.25) is 0 Å². The fourth-order valence-corrected chi connectivity index (χ4v) is 3.12. The Morgan fingerprint density at radius 3 is 2.21 bits per heavy atom. The number of hydrogen-bond acceptors (Lipinski definition) is 2. The molecule has 0 unspecified atom stereocenters. The molecular formula is C25H27NO2. The quantitative estimate of drug-likeness (QED) is 0.590. The van der Waals surface area contributed by atoms with Crippen LogP contribution in [0.15, 0.2) is 78.9 Å². The highest BCUT2D eigenvalue weighted by Crippen LogP contribution is 2.15. The average molecular weight is 373 g/mol. The van der Waals surface area contributed by atoms with E-state index < -0.39 is 0 Å². The van der Waals surface area contributed by atoms with Gasteiger partial charge in [-0.25, -0.2) is 0 Å². The van der Waals surface area contributed by atoms with Crippen molar-refractivity contribution in [1.82, 2.24) is 5.32 Å². The van der Waals surface area contributed by atoms with Gasteiger partial charge in [0.1, 0.15) is 5.75 Å². The van der Waals surface area contributed by atoms with Crippen LogP contribution in [-0.2, 0) is 19.4 Å². The van der Waals surface area contributed by atoms with E-state index in [9.17, 15) is 4.79 Å². The summed E-state index contributed by atoms with van der Waals surface area (Å²) in [5, 5.41) is 3.03. The first-order valence-electron chi connectivity index (χ1n) is 9.77. The van der Waals surface area contributed by atoms with E-state index in [1.807, 2.05) is 80.6 Å². The highest BCUT2D eigenvalue weighted by molar-refractivity contribution is 5.95. The number of rotatable bonds is 8. The van der Waals surface area contributed by atoms with E-state index in [-0.39, 0.29) is 12.0 Å². The highest BCUT2D eigenvalue weighted by Gasteiger charge is 2.11. The van der Waals surface area contributed by atoms with Crippen LogP contribution in [-0.4, -0.2) is 12.0 Å². The second-order valence-corrected chi connectivity index (χ2v) is 7.14. The third-order valence-corrected chi connectivity index (χ3v) is 4.54. The van der Waals surface area contributed by atoms with Gasteiger partial charge < -0.3 is 10.1 Å². The summed E-state index contributed by atoms with van der Waals surface area (Å²) < 4.78 is 5.66. The Bertz CT molecular complexity index is 886. The maximum absolute atomic E-state index is 12.7. The second-order valence-electron chi connectivity index (χ2n) is 7.14. The molecule has 0 spiro atoms. The summed E-state index contributed by atoms with van der Waals surface area (Å²) in [5.74, 6) is 0.808. The molecule has 0 saturated carbocycles. The lowest BCUT2D eigenvalue weighted by Crippen LogP contribution is -2.24. The summed E-state index contributed by atoms with van der Waals surface area (Å²) in [6, 6.07) is 26.0. The summed E-state index contributed by atoms with van der Waals surface area (Å²) in [7, 11) is 0. The Kier molecular flexibility index (Phi) is 6.85. The monoisotopic (exact) mass is 373 g/mol. The number of amides is 1. The van der Waals surface area contributed by atoms with E-state index in [4.69, 9.17) is 4.74 Å². The zero-order valence-electron chi connectivity index (χ0n) is 16.5. The van der Waals surface area contributed by atoms with E-state index in [2.05, 4.69) is 17.4 Å². The maximum atomic E-state index is 12.7. The molecule has 0 saturated heterocycles. The van der Waals surface area contributed by atoms with Gasteiger partial charge in [0.15, 0.2) is 0 Å². The van der Waals surface area contributed by atoms with Crippen molar-refractivity contribution in [3.63, 3.8) is 0 Å². The third-order valence-electron chi connectivity index (χ3n) is 4.54. The number of nitrogens with one attached hydrogen (secondary N) is 1. The predicted octanol–water partition coefficient (Wildman–Crippen LogP) is 5.19. The number of ether oxygens (including phenoxy) is 1. The maximum Gasteiger partial charge on any atom is 0.251 e. The molecule has 28 heavy (non-hydrogen) atoms. The van der Waals surface area contributed by atoms with Gasteiger partial charge in [-0.15, -0.1) is 0 Å². The number of carbonyl (C=O) groups is 1. The molecule has 0 radical (unpaired) electrons. The first kappa shape index (κ1) is 19.7. The van der Waals surface area contributed by atoms with Crippen molar-refractivity contribution in [1.29, 1.82) is 0 Å². The molecule has 3 nitrogen and oxygen atoms in total. The molecule has 0 aliphatic rings. The fourth-order valence-electron chi connectivity index (χ4n) is 3.12. The van der Waals surface area contributed by atoms with Crippen molar-refractivity contribution in [3.05, 3.63) is 101 Å². The van der Waals surface area contributed by atoms with Crippen molar-refractivity contribution in [2.45, 2.75) is 39.3 Å². The first-order chi connectivity index (χ1) is 13.6. The lowest BCUT2D eigenvalue weighted by atomic mass is 9.99. The molecule has 0 aliphatic heterocycles. The van der Waals surface area contributed by atoms with Crippen molar-refractivity contribution < 1.29 is 9.53 Å². The van der Waals surface area contributed by atoms with Crippen molar-refractivity contribution in [2.75, 3.05) is 0 Å². The summed E-state index contributed by atoms with van der Waals surface area (Å²) in [4.78, 5) is 12.7. The molecular weight excluding hydrogens is 346 g/mol. The van der Waals surface area contributed by atoms with Gasteiger partial charge in [0, 0.05) is 12.1 Å². The summed E-state index contributed by atoms with van der Waals surface area (Å²) in [6.07, 6.45) is 1.91. The number of benzene rings is 3. The molecule has 144 valence electrons. The summed E-state index contributed by atoms with van der Waals surface area (Å²) in [6.45, 7) is 4.50. The Balaban J connectivity index is 1.59. The van der Waals surface area contributed by atoms with Gasteiger partial charge in [-0.3, -0.25) is 4.79 Å². The van der Waals surface area contributed by atoms with Gasteiger partial charge in [-0.05, 0) is 61.6 Å². The zero-order chi connectivity index (χ0) is 19.8. The SMILES string of the molecule is CC(C)Oc1ccc(CNC(=O)c2ccccc2CCc2ccccc2)cc1. The first-order valence-corrected chi connectivity index (χ1v) is 9.77. The Labute approximate surface area is 167 Å². The van der Waals surface area contributed by atoms with Crippen LogP contribution in [0.25, 0.3) is 0 Å². The van der Waals surface area contributed by atoms with Crippen LogP contribution in [0, 0.1) is 0 Å². The molecule has 0 fully saturated rings. The molecule has 3 aromatic rings. The summed E-state index contributed by atoms with van der Waals surface area (Å²) in [5.41, 5.74) is 4.15. The average Bonchev–Trinajstić information content (AvgIpc) is 2.72. The highest BCUT2D eigenvalue weighted by atomic mass is 16.5. The van der Waals surface area contributed by atoms with E-state index in [1.165, 1.54) is 5.56 Å². The van der Waals surface area contributed by atoms with Crippen molar-refractivity contribution >= 4 is 5.91 Å². The summed E-state index contributed by atoms with van der Waals surface area (Å²) >= 11 is 0. The Morgan fingerprint density at radius 1 is 0.821 bits per heavy atom. The molecule has 3 aromatic carbocycles. The standard InChI is InChI=1S/C25H27NO2/c1-19(2)28-23-16-13-21(14-17-23)18-26-25(27)24-11-7-6-10-22(24)15-12-20-8-4-3-5-9-20/h3-11,13-14,16-17,19H,12,15,18H2,1-2H3,(H,26,27). The lowest BCUT2D eigenvalue weighted by molar-refractivity contribution is 0.0950. The van der Waals surface area contributed by atoms with Crippen LogP contribution in [0.4, 0.5) is 0 Å². The molecule has 1 amide bonds. The second kappa shape index (κ2) is 9.75. The van der Waals surface area contributed by atoms with Crippen LogP contribution in [0.5, 0.6) is 5.75 Å². The van der Waals surface area contributed by atoms with Crippen LogP contribution in [0.3, 0.4) is 0 Å². The van der Waals surface area contributed by atoms with Gasteiger partial charge in [-0.2, -0.15) is 0 Å². The minimum atomic E-state index is -0.0360. The van der Waals surface area contributed by atoms with Gasteiger partial charge in [0.25, 0.3) is 5.91 Å². The van der Waals surface area contributed by atoms with E-state index in [0.717, 1.165) is 35.3 Å². The molecule has 3 rings (SSSR count). The minimum absolute atomic E-state index is 0.0360. The molecule has 0 atom stereocenters. The normalized spacial score (nSPS) is 10.7. The van der Waals surface area contributed by atoms with E-state index in [1.54, 1.807) is 0 Å². The molecule has 0 aliphatic carbocycles. The predicted molar refractivity (Wildman–Crippen MR) is 114 cm³/mol. The van der Waals surface area contributed by atoms with Crippen molar-refractivity contribution in [2.24, 2.45) is 0 Å². The van der Waals surface area contributed by atoms with Crippen molar-refractivity contribution in [3.8, 4) is 5.75 Å².